The first-order valence-electron chi connectivity index (χ1n) is 6.51. The van der Waals surface area contributed by atoms with Crippen LogP contribution in [0.4, 0.5) is 0 Å². The van der Waals surface area contributed by atoms with Gasteiger partial charge in [-0.3, -0.25) is 9.97 Å². The number of benzene rings is 1. The number of aliphatic hydroxyl groups is 1. The van der Waals surface area contributed by atoms with Crippen molar-refractivity contribution in [2.45, 2.75) is 25.9 Å². The third kappa shape index (κ3) is 2.25. The van der Waals surface area contributed by atoms with Gasteiger partial charge in [0, 0.05) is 12.4 Å². The van der Waals surface area contributed by atoms with Crippen molar-refractivity contribution < 1.29 is 9.63 Å². The van der Waals surface area contributed by atoms with Gasteiger partial charge in [0.15, 0.2) is 0 Å². The van der Waals surface area contributed by atoms with Crippen LogP contribution in [0.1, 0.15) is 31.7 Å². The van der Waals surface area contributed by atoms with Crippen LogP contribution in [-0.2, 0) is 0 Å². The van der Waals surface area contributed by atoms with Crippen molar-refractivity contribution in [1.82, 2.24) is 20.1 Å². The van der Waals surface area contributed by atoms with E-state index in [0.29, 0.717) is 23.7 Å². The molecule has 0 aliphatic rings. The highest BCUT2D eigenvalue weighted by molar-refractivity contribution is 5.88. The van der Waals surface area contributed by atoms with Gasteiger partial charge in [0.1, 0.15) is 11.6 Å². The number of hydrogen-bond donors (Lipinski definition) is 1. The fraction of sp³-hybridized carbons (Fsp3) is 0.286. The summed E-state index contributed by atoms with van der Waals surface area (Å²) in [6, 6.07) is 5.58. The number of rotatable bonds is 4. The number of hydrogen-bond acceptors (Lipinski definition) is 6. The van der Waals surface area contributed by atoms with E-state index in [4.69, 9.17) is 4.52 Å². The van der Waals surface area contributed by atoms with Crippen molar-refractivity contribution in [3.63, 3.8) is 0 Å². The van der Waals surface area contributed by atoms with Gasteiger partial charge in [-0.15, -0.1) is 0 Å². The SMILES string of the molecule is CCCC(O)c1noc(-c2cccc3nccnc23)n1. The quantitative estimate of drug-likeness (QED) is 0.784. The Labute approximate surface area is 115 Å². The highest BCUT2D eigenvalue weighted by Crippen LogP contribution is 2.26. The van der Waals surface area contributed by atoms with Crippen LogP contribution in [-0.4, -0.2) is 25.2 Å². The first-order valence-corrected chi connectivity index (χ1v) is 6.51. The molecule has 0 fully saturated rings. The number of fused-ring (bicyclic) bond motifs is 1. The van der Waals surface area contributed by atoms with Crippen LogP contribution in [0.15, 0.2) is 35.1 Å². The molecule has 0 amide bonds. The molecule has 1 atom stereocenters. The fourth-order valence-electron chi connectivity index (χ4n) is 2.05. The number of aliphatic hydroxyl groups excluding tert-OH is 1. The summed E-state index contributed by atoms with van der Waals surface area (Å²) >= 11 is 0. The van der Waals surface area contributed by atoms with Crippen molar-refractivity contribution in [2.75, 3.05) is 0 Å². The molecule has 1 N–H and O–H groups in total. The van der Waals surface area contributed by atoms with Crippen LogP contribution in [0.25, 0.3) is 22.5 Å². The molecule has 2 aromatic heterocycles. The topological polar surface area (TPSA) is 84.9 Å². The maximum atomic E-state index is 9.88. The predicted octanol–water partition coefficient (Wildman–Crippen LogP) is 2.51. The zero-order valence-electron chi connectivity index (χ0n) is 11.0. The lowest BCUT2D eigenvalue weighted by Gasteiger charge is -2.01. The molecule has 1 aromatic carbocycles. The summed E-state index contributed by atoms with van der Waals surface area (Å²) in [6.45, 7) is 1.99. The van der Waals surface area contributed by atoms with E-state index >= 15 is 0 Å². The van der Waals surface area contributed by atoms with Crippen LogP contribution < -0.4 is 0 Å². The van der Waals surface area contributed by atoms with Gasteiger partial charge < -0.3 is 9.63 Å². The second-order valence-electron chi connectivity index (χ2n) is 4.49. The van der Waals surface area contributed by atoms with E-state index in [1.165, 1.54) is 0 Å². The first kappa shape index (κ1) is 12.7. The summed E-state index contributed by atoms with van der Waals surface area (Å²) in [5, 5.41) is 13.7. The van der Waals surface area contributed by atoms with Crippen molar-refractivity contribution in [3.05, 3.63) is 36.4 Å². The zero-order valence-corrected chi connectivity index (χ0v) is 11.0. The number of nitrogens with zero attached hydrogens (tertiary/aromatic N) is 4. The average molecular weight is 270 g/mol. The van der Waals surface area contributed by atoms with Crippen LogP contribution in [0.3, 0.4) is 0 Å². The molecule has 6 heteroatoms. The standard InChI is InChI=1S/C14H14N4O2/c1-2-4-11(19)13-17-14(20-18-13)9-5-3-6-10-12(9)16-8-7-15-10/h3,5-8,11,19H,2,4H2,1H3. The summed E-state index contributed by atoms with van der Waals surface area (Å²) in [4.78, 5) is 12.8. The van der Waals surface area contributed by atoms with E-state index in [1.54, 1.807) is 12.4 Å². The molecule has 1 unspecified atom stereocenters. The maximum absolute atomic E-state index is 9.88. The molecule has 2 heterocycles. The molecular weight excluding hydrogens is 256 g/mol. The second-order valence-corrected chi connectivity index (χ2v) is 4.49. The Kier molecular flexibility index (Phi) is 3.39. The van der Waals surface area contributed by atoms with Crippen LogP contribution in [0.2, 0.25) is 0 Å². The van der Waals surface area contributed by atoms with Gasteiger partial charge in [0.2, 0.25) is 5.82 Å². The first-order chi connectivity index (χ1) is 9.79. The minimum Gasteiger partial charge on any atom is -0.385 e. The van der Waals surface area contributed by atoms with Crippen molar-refractivity contribution in [3.8, 4) is 11.5 Å². The van der Waals surface area contributed by atoms with E-state index in [0.717, 1.165) is 17.5 Å². The lowest BCUT2D eigenvalue weighted by molar-refractivity contribution is 0.153. The molecule has 6 nitrogen and oxygen atoms in total. The summed E-state index contributed by atoms with van der Waals surface area (Å²) < 4.78 is 5.24. The van der Waals surface area contributed by atoms with E-state index < -0.39 is 6.10 Å². The molecular formula is C14H14N4O2. The minimum absolute atomic E-state index is 0.308. The third-order valence-corrected chi connectivity index (χ3v) is 3.03. The van der Waals surface area contributed by atoms with Crippen molar-refractivity contribution in [1.29, 1.82) is 0 Å². The summed E-state index contributed by atoms with van der Waals surface area (Å²) in [5.41, 5.74) is 2.19. The Morgan fingerprint density at radius 3 is 2.95 bits per heavy atom. The molecule has 3 aromatic rings. The molecule has 0 bridgehead atoms. The minimum atomic E-state index is -0.696. The Bertz CT molecular complexity index is 721. The highest BCUT2D eigenvalue weighted by atomic mass is 16.5. The average Bonchev–Trinajstić information content (AvgIpc) is 2.97. The molecule has 102 valence electrons. The zero-order chi connectivity index (χ0) is 13.9. The maximum Gasteiger partial charge on any atom is 0.260 e. The molecule has 0 saturated carbocycles. The van der Waals surface area contributed by atoms with Gasteiger partial charge >= 0.3 is 0 Å². The Hall–Kier alpha value is -2.34. The lowest BCUT2D eigenvalue weighted by Crippen LogP contribution is -1.98. The van der Waals surface area contributed by atoms with Crippen LogP contribution in [0, 0.1) is 0 Å². The lowest BCUT2D eigenvalue weighted by atomic mass is 10.1. The second kappa shape index (κ2) is 5.34. The van der Waals surface area contributed by atoms with Gasteiger partial charge in [-0.2, -0.15) is 4.98 Å². The molecule has 3 rings (SSSR count). The van der Waals surface area contributed by atoms with Gasteiger partial charge in [-0.05, 0) is 18.6 Å². The largest absolute Gasteiger partial charge is 0.385 e. The molecule has 0 saturated heterocycles. The van der Waals surface area contributed by atoms with E-state index in [1.807, 2.05) is 25.1 Å². The van der Waals surface area contributed by atoms with Crippen LogP contribution >= 0.6 is 0 Å². The number of para-hydroxylation sites is 1. The van der Waals surface area contributed by atoms with Gasteiger partial charge in [0.05, 0.1) is 11.1 Å². The Balaban J connectivity index is 2.03. The number of aromatic nitrogens is 4. The molecule has 0 spiro atoms. The molecule has 0 aliphatic heterocycles. The summed E-state index contributed by atoms with van der Waals surface area (Å²) in [6.07, 6.45) is 4.02. The van der Waals surface area contributed by atoms with E-state index in [2.05, 4.69) is 20.1 Å². The monoisotopic (exact) mass is 270 g/mol. The molecule has 0 aliphatic carbocycles. The third-order valence-electron chi connectivity index (χ3n) is 3.03. The van der Waals surface area contributed by atoms with Gasteiger partial charge in [-0.25, -0.2) is 0 Å². The van der Waals surface area contributed by atoms with Crippen LogP contribution in [0.5, 0.6) is 0 Å². The summed E-state index contributed by atoms with van der Waals surface area (Å²) in [5.74, 6) is 0.656. The molecule has 0 radical (unpaired) electrons. The normalized spacial score (nSPS) is 12.7. The Morgan fingerprint density at radius 1 is 1.25 bits per heavy atom. The van der Waals surface area contributed by atoms with Gasteiger partial charge in [0.25, 0.3) is 5.89 Å². The summed E-state index contributed by atoms with van der Waals surface area (Å²) in [7, 11) is 0. The predicted molar refractivity (Wildman–Crippen MR) is 72.7 cm³/mol. The Morgan fingerprint density at radius 2 is 2.10 bits per heavy atom. The van der Waals surface area contributed by atoms with Gasteiger partial charge in [-0.1, -0.05) is 24.6 Å². The van der Waals surface area contributed by atoms with E-state index in [-0.39, 0.29) is 0 Å². The smallest absolute Gasteiger partial charge is 0.260 e. The highest BCUT2D eigenvalue weighted by Gasteiger charge is 2.17. The van der Waals surface area contributed by atoms with E-state index in [9.17, 15) is 5.11 Å². The van der Waals surface area contributed by atoms with Crippen molar-refractivity contribution in [2.24, 2.45) is 0 Å². The van der Waals surface area contributed by atoms with Crippen molar-refractivity contribution >= 4 is 11.0 Å². The fourth-order valence-corrected chi connectivity index (χ4v) is 2.05. The molecule has 20 heavy (non-hydrogen) atoms.